The van der Waals surface area contributed by atoms with Crippen LogP contribution in [-0.2, 0) is 9.59 Å². The number of carbonyl (C=O) groups excluding carboxylic acids is 2. The van der Waals surface area contributed by atoms with Crippen molar-refractivity contribution in [2.75, 3.05) is 38.5 Å². The van der Waals surface area contributed by atoms with E-state index in [1.807, 2.05) is 29.7 Å². The van der Waals surface area contributed by atoms with Crippen LogP contribution in [0.5, 0.6) is 0 Å². The van der Waals surface area contributed by atoms with Gasteiger partial charge in [-0.25, -0.2) is 9.97 Å². The summed E-state index contributed by atoms with van der Waals surface area (Å²) in [5, 5.41) is 3.75. The van der Waals surface area contributed by atoms with Crippen molar-refractivity contribution in [1.29, 1.82) is 0 Å². The molecule has 1 N–H and O–H groups in total. The maximum Gasteiger partial charge on any atom is 0.236 e. The molecule has 2 aliphatic rings. The molecular formula is C17H25N5O2S. The molecule has 0 spiro atoms. The van der Waals surface area contributed by atoms with Crippen LogP contribution in [0.3, 0.4) is 0 Å². The first kappa shape index (κ1) is 18.1. The van der Waals surface area contributed by atoms with Gasteiger partial charge in [0.25, 0.3) is 0 Å². The van der Waals surface area contributed by atoms with Gasteiger partial charge in [-0.1, -0.05) is 11.8 Å². The summed E-state index contributed by atoms with van der Waals surface area (Å²) in [5.74, 6) is 0.578. The third-order valence-corrected chi connectivity index (χ3v) is 5.43. The first-order valence-electron chi connectivity index (χ1n) is 8.76. The monoisotopic (exact) mass is 363 g/mol. The molecule has 3 heterocycles. The number of hydrogen-bond donors (Lipinski definition) is 1. The van der Waals surface area contributed by atoms with Gasteiger partial charge in [0.2, 0.25) is 11.8 Å². The minimum atomic E-state index is 0.0973. The van der Waals surface area contributed by atoms with Crippen molar-refractivity contribution < 1.29 is 9.59 Å². The van der Waals surface area contributed by atoms with Crippen LogP contribution in [-0.4, -0.2) is 76.1 Å². The fourth-order valence-electron chi connectivity index (χ4n) is 3.42. The van der Waals surface area contributed by atoms with E-state index in [9.17, 15) is 9.59 Å². The first-order valence-corrected chi connectivity index (χ1v) is 9.74. The Balaban J connectivity index is 1.55. The van der Waals surface area contributed by atoms with Gasteiger partial charge < -0.3 is 15.1 Å². The molecule has 1 atom stereocenters. The minimum absolute atomic E-state index is 0.0973. The van der Waals surface area contributed by atoms with E-state index in [4.69, 9.17) is 0 Å². The molecule has 25 heavy (non-hydrogen) atoms. The zero-order valence-corrected chi connectivity index (χ0v) is 15.6. The highest BCUT2D eigenvalue weighted by Crippen LogP contribution is 2.20. The molecule has 2 amide bonds. The van der Waals surface area contributed by atoms with E-state index in [0.717, 1.165) is 43.9 Å². The highest BCUT2D eigenvalue weighted by Gasteiger charge is 2.31. The summed E-state index contributed by atoms with van der Waals surface area (Å²) < 4.78 is 0. The van der Waals surface area contributed by atoms with Gasteiger partial charge in [0.05, 0.1) is 12.3 Å². The molecule has 8 heteroatoms. The van der Waals surface area contributed by atoms with Crippen molar-refractivity contribution in [3.8, 4) is 0 Å². The summed E-state index contributed by atoms with van der Waals surface area (Å²) in [6.07, 6.45) is 1.92. The van der Waals surface area contributed by atoms with Crippen LogP contribution in [0.4, 0.5) is 0 Å². The van der Waals surface area contributed by atoms with E-state index in [-0.39, 0.29) is 17.9 Å². The van der Waals surface area contributed by atoms with Gasteiger partial charge in [-0.3, -0.25) is 9.59 Å². The Hall–Kier alpha value is -1.67. The number of thioether (sulfide) groups is 1. The van der Waals surface area contributed by atoms with Crippen molar-refractivity contribution in [1.82, 2.24) is 25.1 Å². The average Bonchev–Trinajstić information content (AvgIpc) is 2.59. The zero-order valence-electron chi connectivity index (χ0n) is 14.8. The van der Waals surface area contributed by atoms with Crippen molar-refractivity contribution in [2.24, 2.45) is 0 Å². The molecule has 1 aromatic heterocycles. The number of nitrogens with one attached hydrogen (secondary N) is 1. The molecule has 2 fully saturated rings. The van der Waals surface area contributed by atoms with E-state index >= 15 is 0 Å². The van der Waals surface area contributed by atoms with Crippen LogP contribution in [0.25, 0.3) is 0 Å². The number of carbonyl (C=O) groups is 2. The number of hydrogen-bond acceptors (Lipinski definition) is 6. The molecule has 2 aliphatic heterocycles. The number of amides is 2. The second-order valence-corrected chi connectivity index (χ2v) is 7.56. The summed E-state index contributed by atoms with van der Waals surface area (Å²) >= 11 is 1.38. The SMILES string of the molecule is Cc1cc(C)nc(SCC(=O)N2CCCC(N3CCNCC3=O)C2)n1. The normalized spacial score (nSPS) is 21.5. The van der Waals surface area contributed by atoms with Crippen molar-refractivity contribution in [2.45, 2.75) is 37.9 Å². The fourth-order valence-corrected chi connectivity index (χ4v) is 4.27. The lowest BCUT2D eigenvalue weighted by Gasteiger charge is -2.41. The Bertz CT molecular complexity index is 634. The maximum atomic E-state index is 12.6. The van der Waals surface area contributed by atoms with E-state index in [1.54, 1.807) is 0 Å². The predicted molar refractivity (Wildman–Crippen MR) is 96.4 cm³/mol. The summed E-state index contributed by atoms with van der Waals surface area (Å²) in [4.78, 5) is 37.2. The van der Waals surface area contributed by atoms with E-state index < -0.39 is 0 Å². The van der Waals surface area contributed by atoms with Gasteiger partial charge in [-0.15, -0.1) is 0 Å². The number of piperidine rings is 1. The van der Waals surface area contributed by atoms with Crippen molar-refractivity contribution in [3.05, 3.63) is 17.5 Å². The Morgan fingerprint density at radius 1 is 1.32 bits per heavy atom. The first-order chi connectivity index (χ1) is 12.0. The number of nitrogens with zero attached hydrogens (tertiary/aromatic N) is 4. The Morgan fingerprint density at radius 2 is 2.08 bits per heavy atom. The van der Waals surface area contributed by atoms with Gasteiger partial charge in [0.1, 0.15) is 0 Å². The smallest absolute Gasteiger partial charge is 0.236 e. The molecule has 0 bridgehead atoms. The second-order valence-electron chi connectivity index (χ2n) is 6.62. The highest BCUT2D eigenvalue weighted by atomic mass is 32.2. The summed E-state index contributed by atoms with van der Waals surface area (Å²) in [6.45, 7) is 7.24. The number of aryl methyl sites for hydroxylation is 2. The highest BCUT2D eigenvalue weighted by molar-refractivity contribution is 7.99. The van der Waals surface area contributed by atoms with Crippen LogP contribution in [0.15, 0.2) is 11.2 Å². The molecule has 0 aliphatic carbocycles. The number of rotatable bonds is 4. The van der Waals surface area contributed by atoms with Gasteiger partial charge in [-0.05, 0) is 32.8 Å². The van der Waals surface area contributed by atoms with Gasteiger partial charge in [0.15, 0.2) is 5.16 Å². The van der Waals surface area contributed by atoms with Crippen LogP contribution >= 0.6 is 11.8 Å². The largest absolute Gasteiger partial charge is 0.340 e. The molecule has 0 radical (unpaired) electrons. The van der Waals surface area contributed by atoms with E-state index in [0.29, 0.717) is 24.0 Å². The number of piperazine rings is 1. The molecule has 1 aromatic rings. The standard InChI is InChI=1S/C17H25N5O2S/c1-12-8-13(2)20-17(19-12)25-11-16(24)21-6-3-4-14(10-21)22-7-5-18-9-15(22)23/h8,14,18H,3-7,9-11H2,1-2H3. The van der Waals surface area contributed by atoms with Crippen LogP contribution < -0.4 is 5.32 Å². The lowest BCUT2D eigenvalue weighted by atomic mass is 10.0. The molecule has 7 nitrogen and oxygen atoms in total. The quantitative estimate of drug-likeness (QED) is 0.624. The fraction of sp³-hybridized carbons (Fsp3) is 0.647. The molecule has 136 valence electrons. The number of aromatic nitrogens is 2. The predicted octanol–water partition coefficient (Wildman–Crippen LogP) is 0.608. The van der Waals surface area contributed by atoms with Gasteiger partial charge >= 0.3 is 0 Å². The zero-order chi connectivity index (χ0) is 17.8. The Morgan fingerprint density at radius 3 is 2.80 bits per heavy atom. The third-order valence-electron chi connectivity index (χ3n) is 4.60. The molecule has 0 aromatic carbocycles. The topological polar surface area (TPSA) is 78.4 Å². The molecule has 2 saturated heterocycles. The van der Waals surface area contributed by atoms with E-state index in [2.05, 4.69) is 15.3 Å². The van der Waals surface area contributed by atoms with Crippen LogP contribution in [0.1, 0.15) is 24.2 Å². The summed E-state index contributed by atoms with van der Waals surface area (Å²) in [7, 11) is 0. The number of likely N-dealkylation sites (tertiary alicyclic amines) is 1. The second kappa shape index (κ2) is 8.14. The summed E-state index contributed by atoms with van der Waals surface area (Å²) in [6, 6.07) is 2.07. The van der Waals surface area contributed by atoms with Crippen molar-refractivity contribution >= 4 is 23.6 Å². The molecule has 3 rings (SSSR count). The van der Waals surface area contributed by atoms with Crippen LogP contribution in [0.2, 0.25) is 0 Å². The minimum Gasteiger partial charge on any atom is -0.340 e. The average molecular weight is 363 g/mol. The molecule has 1 unspecified atom stereocenters. The molecule has 0 saturated carbocycles. The lowest BCUT2D eigenvalue weighted by molar-refractivity contribution is -0.139. The van der Waals surface area contributed by atoms with Gasteiger partial charge in [-0.2, -0.15) is 0 Å². The Labute approximate surface area is 152 Å². The Kier molecular flexibility index (Phi) is 5.90. The van der Waals surface area contributed by atoms with Gasteiger partial charge in [0, 0.05) is 43.6 Å². The third kappa shape index (κ3) is 4.70. The van der Waals surface area contributed by atoms with E-state index in [1.165, 1.54) is 11.8 Å². The van der Waals surface area contributed by atoms with Crippen molar-refractivity contribution in [3.63, 3.8) is 0 Å². The van der Waals surface area contributed by atoms with Crippen LogP contribution in [0, 0.1) is 13.8 Å². The lowest BCUT2D eigenvalue weighted by Crippen LogP contribution is -2.57. The maximum absolute atomic E-state index is 12.6. The summed E-state index contributed by atoms with van der Waals surface area (Å²) in [5.41, 5.74) is 1.83. The molecular weight excluding hydrogens is 338 g/mol.